The highest BCUT2D eigenvalue weighted by Crippen LogP contribution is 2.36. The SMILES string of the molecule is Cc1ccc(OCc2ccc(CN3CCS(=O)(=O)CC3)cc2C)c(-c2csc(N3CCC(C(=O)O)C(C)C3)n2)c1. The lowest BCUT2D eigenvalue weighted by atomic mass is 9.87. The lowest BCUT2D eigenvalue weighted by Crippen LogP contribution is -2.42. The number of thiazole rings is 1. The van der Waals surface area contributed by atoms with Crippen LogP contribution in [-0.2, 0) is 27.8 Å². The molecule has 2 aliphatic rings. The summed E-state index contributed by atoms with van der Waals surface area (Å²) in [6, 6.07) is 12.5. The van der Waals surface area contributed by atoms with Gasteiger partial charge in [-0.05, 0) is 55.0 Å². The molecule has 2 saturated heterocycles. The summed E-state index contributed by atoms with van der Waals surface area (Å²) in [6.45, 7) is 9.87. The van der Waals surface area contributed by atoms with Crippen LogP contribution in [0.2, 0.25) is 0 Å². The number of sulfone groups is 1. The third kappa shape index (κ3) is 6.67. The molecule has 0 spiro atoms. The number of hydrogen-bond donors (Lipinski definition) is 1. The minimum Gasteiger partial charge on any atom is -0.488 e. The fourth-order valence-electron chi connectivity index (χ4n) is 5.53. The molecule has 0 bridgehead atoms. The van der Waals surface area contributed by atoms with Crippen molar-refractivity contribution in [3.63, 3.8) is 0 Å². The number of carboxylic acid groups (broad SMARTS) is 1. The largest absolute Gasteiger partial charge is 0.488 e. The van der Waals surface area contributed by atoms with Gasteiger partial charge >= 0.3 is 5.97 Å². The minimum absolute atomic E-state index is 0.0714. The molecule has 3 aromatic rings. The first kappa shape index (κ1) is 28.6. The summed E-state index contributed by atoms with van der Waals surface area (Å²) in [4.78, 5) is 20.8. The monoisotopic (exact) mass is 583 g/mol. The highest BCUT2D eigenvalue weighted by molar-refractivity contribution is 7.91. The highest BCUT2D eigenvalue weighted by atomic mass is 32.2. The van der Waals surface area contributed by atoms with Crippen LogP contribution in [-0.4, -0.2) is 67.1 Å². The lowest BCUT2D eigenvalue weighted by Gasteiger charge is -2.34. The van der Waals surface area contributed by atoms with Crippen molar-refractivity contribution < 1.29 is 23.1 Å². The van der Waals surface area contributed by atoms with E-state index in [9.17, 15) is 18.3 Å². The van der Waals surface area contributed by atoms with Gasteiger partial charge in [-0.2, -0.15) is 0 Å². The van der Waals surface area contributed by atoms with Crippen LogP contribution in [0.1, 0.15) is 35.6 Å². The van der Waals surface area contributed by atoms with E-state index in [-0.39, 0.29) is 23.3 Å². The van der Waals surface area contributed by atoms with Crippen molar-refractivity contribution in [2.24, 2.45) is 11.8 Å². The van der Waals surface area contributed by atoms with Crippen LogP contribution in [0.3, 0.4) is 0 Å². The van der Waals surface area contributed by atoms with Gasteiger partial charge in [0.15, 0.2) is 15.0 Å². The molecule has 2 aromatic carbocycles. The second-order valence-corrected chi connectivity index (χ2v) is 14.3. The molecule has 10 heteroatoms. The average molecular weight is 584 g/mol. The molecule has 5 rings (SSSR count). The van der Waals surface area contributed by atoms with E-state index in [2.05, 4.69) is 53.3 Å². The third-order valence-electron chi connectivity index (χ3n) is 8.03. The van der Waals surface area contributed by atoms with Gasteiger partial charge in [-0.3, -0.25) is 9.69 Å². The Morgan fingerprint density at radius 3 is 2.60 bits per heavy atom. The van der Waals surface area contributed by atoms with Gasteiger partial charge in [-0.15, -0.1) is 11.3 Å². The molecule has 0 radical (unpaired) electrons. The zero-order valence-electron chi connectivity index (χ0n) is 23.3. The molecule has 0 saturated carbocycles. The number of aliphatic carboxylic acids is 1. The quantitative estimate of drug-likeness (QED) is 0.404. The Bertz CT molecular complexity index is 1470. The Balaban J connectivity index is 1.25. The molecule has 8 nitrogen and oxygen atoms in total. The standard InChI is InChI=1S/C30H37N3O5S2/c1-20-4-7-28(26(14-20)27-19-39-30(31-27)33-9-8-25(29(34)35)22(3)16-33)38-18-24-6-5-23(15-21(24)2)17-32-10-12-40(36,37)13-11-32/h4-7,14-15,19,22,25H,8-13,16-18H2,1-3H3,(H,34,35). The molecule has 2 atom stereocenters. The topological polar surface area (TPSA) is 100 Å². The van der Waals surface area contributed by atoms with Crippen molar-refractivity contribution in [3.8, 4) is 17.0 Å². The first-order valence-corrected chi connectivity index (χ1v) is 16.5. The van der Waals surface area contributed by atoms with Gasteiger partial charge in [0.25, 0.3) is 0 Å². The van der Waals surface area contributed by atoms with Gasteiger partial charge in [0.05, 0.1) is 23.1 Å². The number of benzene rings is 2. The molecule has 2 fully saturated rings. The Hall–Kier alpha value is -2.95. The molecule has 2 unspecified atom stereocenters. The summed E-state index contributed by atoms with van der Waals surface area (Å²) in [7, 11) is -2.88. The predicted octanol–water partition coefficient (Wildman–Crippen LogP) is 4.78. The Kier molecular flexibility index (Phi) is 8.49. The van der Waals surface area contributed by atoms with Crippen molar-refractivity contribution in [1.29, 1.82) is 0 Å². The number of aryl methyl sites for hydroxylation is 2. The van der Waals surface area contributed by atoms with Gasteiger partial charge in [0.1, 0.15) is 12.4 Å². The maximum absolute atomic E-state index is 11.7. The number of rotatable bonds is 8. The zero-order chi connectivity index (χ0) is 28.4. The average Bonchev–Trinajstić information content (AvgIpc) is 3.40. The van der Waals surface area contributed by atoms with Crippen LogP contribution >= 0.6 is 11.3 Å². The number of hydrogen-bond acceptors (Lipinski definition) is 8. The van der Waals surface area contributed by atoms with Crippen LogP contribution in [0.15, 0.2) is 41.8 Å². The van der Waals surface area contributed by atoms with E-state index in [0.717, 1.165) is 45.4 Å². The van der Waals surface area contributed by atoms with Gasteiger partial charge in [0.2, 0.25) is 0 Å². The molecule has 40 heavy (non-hydrogen) atoms. The number of nitrogens with zero attached hydrogens (tertiary/aromatic N) is 3. The van der Waals surface area contributed by atoms with Crippen molar-refractivity contribution in [2.45, 2.75) is 40.3 Å². The van der Waals surface area contributed by atoms with Gasteiger partial charge < -0.3 is 14.7 Å². The maximum atomic E-state index is 11.7. The molecular formula is C30H37N3O5S2. The summed E-state index contributed by atoms with van der Waals surface area (Å²) in [6.07, 6.45) is 0.627. The third-order valence-corrected chi connectivity index (χ3v) is 10.5. The smallest absolute Gasteiger partial charge is 0.306 e. The number of ether oxygens (including phenoxy) is 1. The number of anilines is 1. The van der Waals surface area contributed by atoms with E-state index in [1.165, 1.54) is 5.56 Å². The normalized spacial score (nSPS) is 21.3. The fourth-order valence-corrected chi connectivity index (χ4v) is 7.67. The second-order valence-electron chi connectivity index (χ2n) is 11.1. The first-order valence-electron chi connectivity index (χ1n) is 13.8. The van der Waals surface area contributed by atoms with E-state index >= 15 is 0 Å². The van der Waals surface area contributed by atoms with Crippen molar-refractivity contribution in [1.82, 2.24) is 9.88 Å². The van der Waals surface area contributed by atoms with E-state index in [4.69, 9.17) is 9.72 Å². The minimum atomic E-state index is -2.88. The molecule has 3 heterocycles. The van der Waals surface area contributed by atoms with Crippen LogP contribution in [0.25, 0.3) is 11.3 Å². The van der Waals surface area contributed by atoms with E-state index in [1.54, 1.807) is 11.3 Å². The molecule has 2 aliphatic heterocycles. The zero-order valence-corrected chi connectivity index (χ0v) is 24.9. The van der Waals surface area contributed by atoms with E-state index in [1.807, 2.05) is 19.1 Å². The molecule has 0 amide bonds. The van der Waals surface area contributed by atoms with Crippen LogP contribution in [0, 0.1) is 25.7 Å². The van der Waals surface area contributed by atoms with E-state index in [0.29, 0.717) is 39.2 Å². The Morgan fingerprint density at radius 2 is 1.90 bits per heavy atom. The Morgan fingerprint density at radius 1 is 1.12 bits per heavy atom. The first-order chi connectivity index (χ1) is 19.1. The summed E-state index contributed by atoms with van der Waals surface area (Å²) in [5, 5.41) is 12.4. The number of piperidine rings is 1. The number of aromatic nitrogens is 1. The number of carboxylic acids is 1. The molecule has 0 aliphatic carbocycles. The molecular weight excluding hydrogens is 546 g/mol. The summed E-state index contributed by atoms with van der Waals surface area (Å²) >= 11 is 1.58. The van der Waals surface area contributed by atoms with Crippen LogP contribution in [0.5, 0.6) is 5.75 Å². The maximum Gasteiger partial charge on any atom is 0.306 e. The Labute approximate surface area is 240 Å². The van der Waals surface area contributed by atoms with Gasteiger partial charge in [0, 0.05) is 43.7 Å². The molecule has 214 valence electrons. The van der Waals surface area contributed by atoms with Crippen molar-refractivity contribution in [3.05, 3.63) is 64.0 Å². The number of carbonyl (C=O) groups is 1. The predicted molar refractivity (Wildman–Crippen MR) is 159 cm³/mol. The summed E-state index contributed by atoms with van der Waals surface area (Å²) in [5.41, 5.74) is 6.36. The van der Waals surface area contributed by atoms with Gasteiger partial charge in [-0.1, -0.05) is 36.8 Å². The summed E-state index contributed by atoms with van der Waals surface area (Å²) in [5.74, 6) is 0.311. The van der Waals surface area contributed by atoms with Crippen LogP contribution < -0.4 is 9.64 Å². The fraction of sp³-hybridized carbons (Fsp3) is 0.467. The highest BCUT2D eigenvalue weighted by Gasteiger charge is 2.32. The molecule has 1 aromatic heterocycles. The van der Waals surface area contributed by atoms with Crippen molar-refractivity contribution in [2.75, 3.05) is 42.6 Å². The van der Waals surface area contributed by atoms with Crippen LogP contribution in [0.4, 0.5) is 5.13 Å². The molecule has 1 N–H and O–H groups in total. The van der Waals surface area contributed by atoms with Crippen molar-refractivity contribution >= 4 is 32.3 Å². The second kappa shape index (κ2) is 11.9. The lowest BCUT2D eigenvalue weighted by molar-refractivity contribution is -0.144. The van der Waals surface area contributed by atoms with E-state index < -0.39 is 15.8 Å². The summed E-state index contributed by atoms with van der Waals surface area (Å²) < 4.78 is 29.8. The van der Waals surface area contributed by atoms with Gasteiger partial charge in [-0.25, -0.2) is 13.4 Å².